The molecule has 2 rings (SSSR count). The maximum Gasteiger partial charge on any atom is 0.266 e. The summed E-state index contributed by atoms with van der Waals surface area (Å²) in [5.74, 6) is 0.654. The standard InChI is InChI=1S/C20H19ClN2O3/c1-3-25-16-10-9-14(19(12-16)26-4-2)11-15(13-22)20(24)23-18-8-6-5-7-17(18)21/h5-12H,3-4H2,1-2H3,(H,23,24)/b15-11+. The van der Waals surface area contributed by atoms with Gasteiger partial charge in [0.05, 0.1) is 23.9 Å². The molecule has 134 valence electrons. The van der Waals surface area contributed by atoms with Gasteiger partial charge in [-0.2, -0.15) is 5.26 Å². The lowest BCUT2D eigenvalue weighted by atomic mass is 10.1. The van der Waals surface area contributed by atoms with E-state index in [2.05, 4.69) is 5.32 Å². The number of para-hydroxylation sites is 1. The third kappa shape index (κ3) is 5.01. The van der Waals surface area contributed by atoms with Crippen LogP contribution in [0.1, 0.15) is 19.4 Å². The van der Waals surface area contributed by atoms with Crippen LogP contribution in [-0.2, 0) is 4.79 Å². The number of nitriles is 1. The van der Waals surface area contributed by atoms with Crippen LogP contribution in [0.2, 0.25) is 5.02 Å². The first-order valence-corrected chi connectivity index (χ1v) is 8.54. The molecule has 0 fully saturated rings. The van der Waals surface area contributed by atoms with Crippen LogP contribution in [0.15, 0.2) is 48.0 Å². The monoisotopic (exact) mass is 370 g/mol. The van der Waals surface area contributed by atoms with Crippen molar-refractivity contribution in [1.29, 1.82) is 5.26 Å². The van der Waals surface area contributed by atoms with Crippen molar-refractivity contribution in [2.45, 2.75) is 13.8 Å². The summed E-state index contributed by atoms with van der Waals surface area (Å²) in [6, 6.07) is 14.0. The molecule has 0 saturated heterocycles. The quantitative estimate of drug-likeness (QED) is 0.567. The van der Waals surface area contributed by atoms with Crippen LogP contribution in [0, 0.1) is 11.3 Å². The zero-order valence-corrected chi connectivity index (χ0v) is 15.3. The molecule has 0 aliphatic heterocycles. The molecule has 2 aromatic carbocycles. The van der Waals surface area contributed by atoms with Gasteiger partial charge in [0.25, 0.3) is 5.91 Å². The predicted molar refractivity (Wildman–Crippen MR) is 102 cm³/mol. The number of nitrogens with one attached hydrogen (secondary N) is 1. The van der Waals surface area contributed by atoms with Crippen molar-refractivity contribution >= 4 is 29.3 Å². The second-order valence-corrected chi connectivity index (χ2v) is 5.58. The van der Waals surface area contributed by atoms with Crippen molar-refractivity contribution in [3.8, 4) is 17.6 Å². The van der Waals surface area contributed by atoms with Crippen LogP contribution in [0.4, 0.5) is 5.69 Å². The number of ether oxygens (including phenoxy) is 2. The van der Waals surface area contributed by atoms with Crippen molar-refractivity contribution in [2.75, 3.05) is 18.5 Å². The molecule has 0 heterocycles. The van der Waals surface area contributed by atoms with Gasteiger partial charge in [0.1, 0.15) is 23.1 Å². The Hall–Kier alpha value is -2.97. The number of amides is 1. The lowest BCUT2D eigenvalue weighted by Crippen LogP contribution is -2.13. The average molecular weight is 371 g/mol. The molecule has 0 saturated carbocycles. The Bertz CT molecular complexity index is 856. The molecular formula is C20H19ClN2O3. The van der Waals surface area contributed by atoms with Crippen LogP contribution in [0.3, 0.4) is 0 Å². The van der Waals surface area contributed by atoms with Gasteiger partial charge < -0.3 is 14.8 Å². The number of carbonyl (C=O) groups is 1. The second-order valence-electron chi connectivity index (χ2n) is 5.17. The van der Waals surface area contributed by atoms with E-state index in [0.29, 0.717) is 41.0 Å². The summed E-state index contributed by atoms with van der Waals surface area (Å²) in [4.78, 5) is 12.4. The molecule has 0 aliphatic carbocycles. The molecular weight excluding hydrogens is 352 g/mol. The van der Waals surface area contributed by atoms with Gasteiger partial charge in [-0.3, -0.25) is 4.79 Å². The molecule has 1 amide bonds. The van der Waals surface area contributed by atoms with Crippen LogP contribution in [-0.4, -0.2) is 19.1 Å². The van der Waals surface area contributed by atoms with Crippen molar-refractivity contribution in [1.82, 2.24) is 0 Å². The van der Waals surface area contributed by atoms with E-state index in [0.717, 1.165) is 0 Å². The van der Waals surface area contributed by atoms with Gasteiger partial charge in [0.15, 0.2) is 0 Å². The van der Waals surface area contributed by atoms with Crippen molar-refractivity contribution in [3.05, 3.63) is 58.6 Å². The molecule has 5 nitrogen and oxygen atoms in total. The maximum absolute atomic E-state index is 12.4. The summed E-state index contributed by atoms with van der Waals surface area (Å²) in [5.41, 5.74) is 0.994. The number of carbonyl (C=O) groups excluding carboxylic acids is 1. The third-order valence-electron chi connectivity index (χ3n) is 3.38. The normalized spacial score (nSPS) is 10.8. The zero-order valence-electron chi connectivity index (χ0n) is 14.6. The highest BCUT2D eigenvalue weighted by Crippen LogP contribution is 2.28. The molecule has 1 N–H and O–H groups in total. The van der Waals surface area contributed by atoms with Crippen molar-refractivity contribution < 1.29 is 14.3 Å². The summed E-state index contributed by atoms with van der Waals surface area (Å²) in [7, 11) is 0. The molecule has 26 heavy (non-hydrogen) atoms. The van der Waals surface area contributed by atoms with Crippen LogP contribution < -0.4 is 14.8 Å². The summed E-state index contributed by atoms with van der Waals surface area (Å²) < 4.78 is 11.1. The Kier molecular flexibility index (Phi) is 7.07. The van der Waals surface area contributed by atoms with Gasteiger partial charge in [-0.15, -0.1) is 0 Å². The number of nitrogens with zero attached hydrogens (tertiary/aromatic N) is 1. The Morgan fingerprint density at radius 1 is 1.19 bits per heavy atom. The van der Waals surface area contributed by atoms with Crippen LogP contribution in [0.5, 0.6) is 11.5 Å². The number of anilines is 1. The molecule has 2 aromatic rings. The number of benzene rings is 2. The van der Waals surface area contributed by atoms with Crippen molar-refractivity contribution in [3.63, 3.8) is 0 Å². The minimum atomic E-state index is -0.545. The maximum atomic E-state index is 12.4. The molecule has 0 bridgehead atoms. The Balaban J connectivity index is 2.31. The molecule has 0 aliphatic rings. The van der Waals surface area contributed by atoms with E-state index < -0.39 is 5.91 Å². The molecule has 0 unspecified atom stereocenters. The smallest absolute Gasteiger partial charge is 0.266 e. The fraction of sp³-hybridized carbons (Fsp3) is 0.200. The van der Waals surface area contributed by atoms with Gasteiger partial charge in [0, 0.05) is 11.6 Å². The van der Waals surface area contributed by atoms with Gasteiger partial charge in [0.2, 0.25) is 0 Å². The SMILES string of the molecule is CCOc1ccc(/C=C(\C#N)C(=O)Nc2ccccc2Cl)c(OCC)c1. The topological polar surface area (TPSA) is 71.3 Å². The van der Waals surface area contributed by atoms with Gasteiger partial charge in [-0.25, -0.2) is 0 Å². The van der Waals surface area contributed by atoms with E-state index in [1.54, 1.807) is 42.5 Å². The summed E-state index contributed by atoms with van der Waals surface area (Å²) >= 11 is 6.04. The first kappa shape index (κ1) is 19.4. The average Bonchev–Trinajstić information content (AvgIpc) is 2.63. The second kappa shape index (κ2) is 9.50. The van der Waals surface area contributed by atoms with E-state index in [1.165, 1.54) is 6.08 Å². The predicted octanol–water partition coefficient (Wildman–Crippen LogP) is 4.68. The largest absolute Gasteiger partial charge is 0.494 e. The first-order chi connectivity index (χ1) is 12.6. The van der Waals surface area contributed by atoms with Gasteiger partial charge >= 0.3 is 0 Å². The van der Waals surface area contributed by atoms with E-state index >= 15 is 0 Å². The Labute approximate surface area is 157 Å². The third-order valence-corrected chi connectivity index (χ3v) is 3.71. The highest BCUT2D eigenvalue weighted by molar-refractivity contribution is 6.34. The van der Waals surface area contributed by atoms with E-state index in [1.807, 2.05) is 19.9 Å². The lowest BCUT2D eigenvalue weighted by Gasteiger charge is -2.11. The Morgan fingerprint density at radius 3 is 2.58 bits per heavy atom. The van der Waals surface area contributed by atoms with E-state index in [-0.39, 0.29) is 5.57 Å². The first-order valence-electron chi connectivity index (χ1n) is 8.16. The fourth-order valence-corrected chi connectivity index (χ4v) is 2.41. The summed E-state index contributed by atoms with van der Waals surface area (Å²) in [6.45, 7) is 4.73. The van der Waals surface area contributed by atoms with Crippen LogP contribution >= 0.6 is 11.6 Å². The Morgan fingerprint density at radius 2 is 1.92 bits per heavy atom. The fourth-order valence-electron chi connectivity index (χ4n) is 2.23. The molecule has 0 spiro atoms. The van der Waals surface area contributed by atoms with Gasteiger partial charge in [-0.05, 0) is 44.2 Å². The summed E-state index contributed by atoms with van der Waals surface area (Å²) in [5, 5.41) is 12.4. The minimum absolute atomic E-state index is 0.0602. The molecule has 0 atom stereocenters. The van der Waals surface area contributed by atoms with E-state index in [9.17, 15) is 10.1 Å². The number of rotatable bonds is 7. The highest BCUT2D eigenvalue weighted by Gasteiger charge is 2.13. The number of hydrogen-bond acceptors (Lipinski definition) is 4. The summed E-state index contributed by atoms with van der Waals surface area (Å²) in [6.07, 6.45) is 1.48. The molecule has 0 aromatic heterocycles. The molecule has 6 heteroatoms. The zero-order chi connectivity index (χ0) is 18.9. The minimum Gasteiger partial charge on any atom is -0.494 e. The van der Waals surface area contributed by atoms with E-state index in [4.69, 9.17) is 21.1 Å². The molecule has 0 radical (unpaired) electrons. The van der Waals surface area contributed by atoms with Crippen LogP contribution in [0.25, 0.3) is 6.08 Å². The lowest BCUT2D eigenvalue weighted by molar-refractivity contribution is -0.112. The van der Waals surface area contributed by atoms with Gasteiger partial charge in [-0.1, -0.05) is 23.7 Å². The number of hydrogen-bond donors (Lipinski definition) is 1. The number of halogens is 1. The highest BCUT2D eigenvalue weighted by atomic mass is 35.5. The van der Waals surface area contributed by atoms with Crippen molar-refractivity contribution in [2.24, 2.45) is 0 Å².